The molecular formula is C14H19BrN2O2. The lowest BCUT2D eigenvalue weighted by Gasteiger charge is -2.44. The predicted molar refractivity (Wildman–Crippen MR) is 79.3 cm³/mol. The SMILES string of the molecule is Cc1ccc(N2C(C)CN(C)C(=O)C2CO)cc1Br. The van der Waals surface area contributed by atoms with E-state index in [0.29, 0.717) is 6.54 Å². The topological polar surface area (TPSA) is 43.8 Å². The number of nitrogens with zero attached hydrogens (tertiary/aromatic N) is 2. The Morgan fingerprint density at radius 2 is 2.16 bits per heavy atom. The molecule has 1 saturated heterocycles. The lowest BCUT2D eigenvalue weighted by Crippen LogP contribution is -2.61. The van der Waals surface area contributed by atoms with Crippen molar-refractivity contribution in [3.63, 3.8) is 0 Å². The van der Waals surface area contributed by atoms with Crippen molar-refractivity contribution in [1.82, 2.24) is 4.90 Å². The van der Waals surface area contributed by atoms with E-state index in [2.05, 4.69) is 22.9 Å². The van der Waals surface area contributed by atoms with E-state index in [-0.39, 0.29) is 18.6 Å². The highest BCUT2D eigenvalue weighted by atomic mass is 79.9. The van der Waals surface area contributed by atoms with Gasteiger partial charge in [0.25, 0.3) is 0 Å². The van der Waals surface area contributed by atoms with Gasteiger partial charge in [-0.25, -0.2) is 0 Å². The monoisotopic (exact) mass is 326 g/mol. The minimum Gasteiger partial charge on any atom is -0.394 e. The highest BCUT2D eigenvalue weighted by molar-refractivity contribution is 9.10. The van der Waals surface area contributed by atoms with Crippen molar-refractivity contribution in [3.05, 3.63) is 28.2 Å². The number of anilines is 1. The molecule has 19 heavy (non-hydrogen) atoms. The average Bonchev–Trinajstić information content (AvgIpc) is 2.37. The maximum Gasteiger partial charge on any atom is 0.247 e. The predicted octanol–water partition coefficient (Wildman–Crippen LogP) is 1.79. The van der Waals surface area contributed by atoms with Gasteiger partial charge in [0.1, 0.15) is 6.04 Å². The highest BCUT2D eigenvalue weighted by Crippen LogP contribution is 2.29. The van der Waals surface area contributed by atoms with Gasteiger partial charge in [0.2, 0.25) is 5.91 Å². The van der Waals surface area contributed by atoms with Crippen molar-refractivity contribution in [2.75, 3.05) is 25.1 Å². The number of likely N-dealkylation sites (N-methyl/N-ethyl adjacent to an activating group) is 1. The van der Waals surface area contributed by atoms with Gasteiger partial charge >= 0.3 is 0 Å². The maximum atomic E-state index is 12.2. The molecule has 1 fully saturated rings. The van der Waals surface area contributed by atoms with Crippen LogP contribution < -0.4 is 4.90 Å². The first-order valence-corrected chi connectivity index (χ1v) is 7.15. The molecular weight excluding hydrogens is 308 g/mol. The number of aliphatic hydroxyl groups is 1. The van der Waals surface area contributed by atoms with E-state index < -0.39 is 6.04 Å². The first kappa shape index (κ1) is 14.3. The van der Waals surface area contributed by atoms with Gasteiger partial charge in [0, 0.05) is 29.8 Å². The Hall–Kier alpha value is -1.07. The lowest BCUT2D eigenvalue weighted by atomic mass is 10.0. The van der Waals surface area contributed by atoms with Crippen molar-refractivity contribution in [2.24, 2.45) is 0 Å². The van der Waals surface area contributed by atoms with E-state index >= 15 is 0 Å². The highest BCUT2D eigenvalue weighted by Gasteiger charge is 2.36. The molecule has 104 valence electrons. The summed E-state index contributed by atoms with van der Waals surface area (Å²) >= 11 is 3.52. The van der Waals surface area contributed by atoms with Gasteiger partial charge in [-0.1, -0.05) is 22.0 Å². The fraction of sp³-hybridized carbons (Fsp3) is 0.500. The number of amides is 1. The first-order valence-electron chi connectivity index (χ1n) is 6.36. The van der Waals surface area contributed by atoms with Crippen molar-refractivity contribution < 1.29 is 9.90 Å². The number of carbonyl (C=O) groups is 1. The molecule has 1 aromatic carbocycles. The molecule has 5 heteroatoms. The fourth-order valence-corrected chi connectivity index (χ4v) is 2.96. The molecule has 4 nitrogen and oxygen atoms in total. The van der Waals surface area contributed by atoms with E-state index in [4.69, 9.17) is 0 Å². The molecule has 1 N–H and O–H groups in total. The van der Waals surface area contributed by atoms with E-state index in [9.17, 15) is 9.90 Å². The van der Waals surface area contributed by atoms with Crippen LogP contribution in [-0.4, -0.2) is 48.2 Å². The zero-order valence-corrected chi connectivity index (χ0v) is 13.0. The summed E-state index contributed by atoms with van der Waals surface area (Å²) in [6.45, 7) is 4.59. The summed E-state index contributed by atoms with van der Waals surface area (Å²) in [6.07, 6.45) is 0. The van der Waals surface area contributed by atoms with Crippen LogP contribution in [0.5, 0.6) is 0 Å². The molecule has 1 heterocycles. The maximum absolute atomic E-state index is 12.2. The van der Waals surface area contributed by atoms with Crippen LogP contribution in [0.15, 0.2) is 22.7 Å². The third-order valence-electron chi connectivity index (χ3n) is 3.64. The molecule has 0 aromatic heterocycles. The second kappa shape index (κ2) is 5.51. The number of rotatable bonds is 2. The Labute approximate surface area is 122 Å². The van der Waals surface area contributed by atoms with Gasteiger partial charge in [-0.15, -0.1) is 0 Å². The second-order valence-corrected chi connectivity index (χ2v) is 5.96. The van der Waals surface area contributed by atoms with Crippen molar-refractivity contribution in [2.45, 2.75) is 25.9 Å². The molecule has 1 aliphatic rings. The molecule has 1 aromatic rings. The van der Waals surface area contributed by atoms with Crippen molar-refractivity contribution in [3.8, 4) is 0 Å². The number of carbonyl (C=O) groups excluding carboxylic acids is 1. The van der Waals surface area contributed by atoms with E-state index in [1.165, 1.54) is 0 Å². The van der Waals surface area contributed by atoms with Gasteiger partial charge in [0.15, 0.2) is 0 Å². The van der Waals surface area contributed by atoms with Crippen LogP contribution in [0, 0.1) is 6.92 Å². The van der Waals surface area contributed by atoms with Crippen LogP contribution in [0.1, 0.15) is 12.5 Å². The Morgan fingerprint density at radius 1 is 1.47 bits per heavy atom. The quantitative estimate of drug-likeness (QED) is 0.901. The summed E-state index contributed by atoms with van der Waals surface area (Å²) in [5, 5.41) is 9.55. The standard InChI is InChI=1S/C14H19BrN2O2/c1-9-4-5-11(6-12(9)15)17-10(2)7-16(3)14(19)13(17)8-18/h4-6,10,13,18H,7-8H2,1-3H3. The number of benzene rings is 1. The molecule has 2 unspecified atom stereocenters. The zero-order valence-electron chi connectivity index (χ0n) is 11.4. The molecule has 2 rings (SSSR count). The van der Waals surface area contributed by atoms with E-state index in [1.807, 2.05) is 30.0 Å². The number of hydrogen-bond donors (Lipinski definition) is 1. The summed E-state index contributed by atoms with van der Waals surface area (Å²) in [4.78, 5) is 15.8. The molecule has 2 atom stereocenters. The van der Waals surface area contributed by atoms with Gasteiger partial charge in [-0.3, -0.25) is 4.79 Å². The third kappa shape index (κ3) is 2.62. The molecule has 0 aliphatic carbocycles. The summed E-state index contributed by atoms with van der Waals surface area (Å²) < 4.78 is 1.01. The fourth-order valence-electron chi connectivity index (χ4n) is 2.60. The van der Waals surface area contributed by atoms with Gasteiger partial charge < -0.3 is 14.9 Å². The summed E-state index contributed by atoms with van der Waals surface area (Å²) in [5.41, 5.74) is 2.11. The Bertz CT molecular complexity index is 492. The largest absolute Gasteiger partial charge is 0.394 e. The first-order chi connectivity index (χ1) is 8.95. The smallest absolute Gasteiger partial charge is 0.247 e. The summed E-state index contributed by atoms with van der Waals surface area (Å²) in [5.74, 6) is -0.0303. The summed E-state index contributed by atoms with van der Waals surface area (Å²) in [7, 11) is 1.78. The Balaban J connectivity index is 2.39. The number of halogens is 1. The summed E-state index contributed by atoms with van der Waals surface area (Å²) in [6, 6.07) is 5.70. The Kier molecular flexibility index (Phi) is 4.16. The second-order valence-electron chi connectivity index (χ2n) is 5.11. The zero-order chi connectivity index (χ0) is 14.2. The molecule has 0 spiro atoms. The van der Waals surface area contributed by atoms with Gasteiger partial charge in [-0.05, 0) is 31.5 Å². The average molecular weight is 327 g/mol. The molecule has 1 amide bonds. The molecule has 0 saturated carbocycles. The van der Waals surface area contributed by atoms with Crippen LogP contribution in [0.3, 0.4) is 0 Å². The third-order valence-corrected chi connectivity index (χ3v) is 4.49. The van der Waals surface area contributed by atoms with Crippen LogP contribution in [0.25, 0.3) is 0 Å². The van der Waals surface area contributed by atoms with Crippen LogP contribution in [0.2, 0.25) is 0 Å². The molecule has 0 bridgehead atoms. The van der Waals surface area contributed by atoms with Gasteiger partial charge in [-0.2, -0.15) is 0 Å². The van der Waals surface area contributed by atoms with Crippen molar-refractivity contribution >= 4 is 27.5 Å². The Morgan fingerprint density at radius 3 is 2.74 bits per heavy atom. The van der Waals surface area contributed by atoms with Gasteiger partial charge in [0.05, 0.1) is 6.61 Å². The number of piperazine rings is 1. The molecule has 0 radical (unpaired) electrons. The van der Waals surface area contributed by atoms with Crippen LogP contribution >= 0.6 is 15.9 Å². The number of aryl methyl sites for hydroxylation is 1. The number of hydrogen-bond acceptors (Lipinski definition) is 3. The van der Waals surface area contributed by atoms with E-state index in [1.54, 1.807) is 11.9 Å². The molecule has 1 aliphatic heterocycles. The minimum atomic E-state index is -0.497. The van der Waals surface area contributed by atoms with Crippen LogP contribution in [-0.2, 0) is 4.79 Å². The van der Waals surface area contributed by atoms with Crippen LogP contribution in [0.4, 0.5) is 5.69 Å². The minimum absolute atomic E-state index is 0.0303. The normalized spacial score (nSPS) is 23.9. The van der Waals surface area contributed by atoms with E-state index in [0.717, 1.165) is 15.7 Å². The lowest BCUT2D eigenvalue weighted by molar-refractivity contribution is -0.134. The van der Waals surface area contributed by atoms with Crippen molar-refractivity contribution in [1.29, 1.82) is 0 Å². The number of aliphatic hydroxyl groups excluding tert-OH is 1.